The van der Waals surface area contributed by atoms with Crippen LogP contribution in [0.25, 0.3) is 22.6 Å². The minimum absolute atomic E-state index is 0.0251. The quantitative estimate of drug-likeness (QED) is 0.644. The molecule has 0 spiro atoms. The van der Waals surface area contributed by atoms with Gasteiger partial charge in [0.1, 0.15) is 5.52 Å². The van der Waals surface area contributed by atoms with Gasteiger partial charge in [-0.05, 0) is 48.2 Å². The molecule has 1 aliphatic rings. The van der Waals surface area contributed by atoms with Crippen LogP contribution in [0.1, 0.15) is 54.0 Å². The van der Waals surface area contributed by atoms with E-state index in [1.54, 1.807) is 25.1 Å². The van der Waals surface area contributed by atoms with Crippen LogP contribution in [0, 0.1) is 0 Å². The number of hydrogen-bond donors (Lipinski definition) is 0. The van der Waals surface area contributed by atoms with Crippen LogP contribution in [0.5, 0.6) is 0 Å². The highest BCUT2D eigenvalue weighted by Gasteiger charge is 2.34. The Kier molecular flexibility index (Phi) is 3.51. The van der Waals surface area contributed by atoms with Crippen LogP contribution >= 0.6 is 0 Å². The number of fused-ring (bicyclic) bond motifs is 2. The van der Waals surface area contributed by atoms with Crippen LogP contribution in [-0.4, -0.2) is 28.2 Å². The Morgan fingerprint density at radius 1 is 1.00 bits per heavy atom. The van der Waals surface area contributed by atoms with E-state index >= 15 is 0 Å². The summed E-state index contributed by atoms with van der Waals surface area (Å²) in [6, 6.07) is 11.1. The molecule has 0 unspecified atom stereocenters. The highest BCUT2D eigenvalue weighted by molar-refractivity contribution is 6.21. The molecular formula is C21H20N2O3. The SMILES string of the molecule is CCN1C(=O)c2ccc(-c3nc4cc(C(C)(C)C)ccc4o3)cc2C1=O. The number of carbonyl (C=O) groups is 2. The second-order valence-electron chi connectivity index (χ2n) is 7.57. The van der Waals surface area contributed by atoms with Gasteiger partial charge in [-0.25, -0.2) is 4.98 Å². The van der Waals surface area contributed by atoms with Crippen molar-refractivity contribution >= 4 is 22.9 Å². The summed E-state index contributed by atoms with van der Waals surface area (Å²) in [4.78, 5) is 30.5. The minimum atomic E-state index is -0.263. The zero-order valence-corrected chi connectivity index (χ0v) is 15.3. The first-order valence-corrected chi connectivity index (χ1v) is 8.71. The predicted molar refractivity (Wildman–Crippen MR) is 99.2 cm³/mol. The van der Waals surface area contributed by atoms with Crippen LogP contribution in [0.4, 0.5) is 0 Å². The topological polar surface area (TPSA) is 63.4 Å². The first-order chi connectivity index (χ1) is 12.3. The highest BCUT2D eigenvalue weighted by Crippen LogP contribution is 2.31. The number of rotatable bonds is 2. The normalized spacial score (nSPS) is 14.4. The Bertz CT molecular complexity index is 1060. The average molecular weight is 348 g/mol. The third-order valence-electron chi connectivity index (χ3n) is 4.79. The maximum atomic E-state index is 12.4. The van der Waals surface area contributed by atoms with Gasteiger partial charge in [-0.1, -0.05) is 26.8 Å². The molecule has 0 aliphatic carbocycles. The molecule has 132 valence electrons. The van der Waals surface area contributed by atoms with Gasteiger partial charge in [0.2, 0.25) is 5.89 Å². The Labute approximate surface area is 151 Å². The first-order valence-electron chi connectivity index (χ1n) is 8.71. The maximum absolute atomic E-state index is 12.4. The molecule has 0 N–H and O–H groups in total. The van der Waals surface area contributed by atoms with Crippen LogP contribution < -0.4 is 0 Å². The fraction of sp³-hybridized carbons (Fsp3) is 0.286. The molecular weight excluding hydrogens is 328 g/mol. The molecule has 4 rings (SSSR count). The van der Waals surface area contributed by atoms with Gasteiger partial charge in [0.15, 0.2) is 5.58 Å². The summed E-state index contributed by atoms with van der Waals surface area (Å²) in [6.07, 6.45) is 0. The van der Waals surface area contributed by atoms with Crippen molar-refractivity contribution in [2.24, 2.45) is 0 Å². The summed E-state index contributed by atoms with van der Waals surface area (Å²) in [6.45, 7) is 8.60. The number of oxazole rings is 1. The third-order valence-corrected chi connectivity index (χ3v) is 4.79. The summed E-state index contributed by atoms with van der Waals surface area (Å²) in [5, 5.41) is 0. The van der Waals surface area contributed by atoms with Crippen molar-refractivity contribution in [1.29, 1.82) is 0 Å². The molecule has 0 saturated heterocycles. The van der Waals surface area contributed by atoms with E-state index in [2.05, 4.69) is 25.8 Å². The lowest BCUT2D eigenvalue weighted by Crippen LogP contribution is -2.29. The van der Waals surface area contributed by atoms with E-state index in [0.29, 0.717) is 34.7 Å². The molecule has 1 aliphatic heterocycles. The lowest BCUT2D eigenvalue weighted by atomic mass is 9.87. The monoisotopic (exact) mass is 348 g/mol. The molecule has 1 aromatic heterocycles. The fourth-order valence-electron chi connectivity index (χ4n) is 3.23. The molecule has 5 nitrogen and oxygen atoms in total. The lowest BCUT2D eigenvalue weighted by molar-refractivity contribution is 0.0663. The number of carbonyl (C=O) groups excluding carboxylic acids is 2. The molecule has 2 heterocycles. The van der Waals surface area contributed by atoms with E-state index in [-0.39, 0.29) is 17.2 Å². The fourth-order valence-corrected chi connectivity index (χ4v) is 3.23. The average Bonchev–Trinajstić information content (AvgIpc) is 3.13. The van der Waals surface area contributed by atoms with Gasteiger partial charge in [-0.2, -0.15) is 0 Å². The maximum Gasteiger partial charge on any atom is 0.261 e. The Hall–Kier alpha value is -2.95. The number of aromatic nitrogens is 1. The Morgan fingerprint density at radius 3 is 2.42 bits per heavy atom. The van der Waals surface area contributed by atoms with Crippen molar-refractivity contribution < 1.29 is 14.0 Å². The van der Waals surface area contributed by atoms with Crippen molar-refractivity contribution in [3.63, 3.8) is 0 Å². The van der Waals surface area contributed by atoms with E-state index in [9.17, 15) is 9.59 Å². The van der Waals surface area contributed by atoms with Crippen LogP contribution in [-0.2, 0) is 5.41 Å². The largest absolute Gasteiger partial charge is 0.436 e. The molecule has 0 fully saturated rings. The standard InChI is InChI=1S/C21H20N2O3/c1-5-23-19(24)14-8-6-12(10-15(14)20(23)25)18-22-16-11-13(21(2,3)4)7-9-17(16)26-18/h6-11H,5H2,1-4H3. The number of hydrogen-bond acceptors (Lipinski definition) is 4. The summed E-state index contributed by atoms with van der Waals surface area (Å²) >= 11 is 0. The molecule has 0 bridgehead atoms. The third kappa shape index (κ3) is 2.43. The predicted octanol–water partition coefficient (Wildman–Crippen LogP) is 4.41. The molecule has 3 aromatic rings. The smallest absolute Gasteiger partial charge is 0.261 e. The van der Waals surface area contributed by atoms with E-state index in [1.807, 2.05) is 18.2 Å². The summed E-state index contributed by atoms with van der Waals surface area (Å²) in [5.74, 6) is -0.0593. The molecule has 2 aromatic carbocycles. The van der Waals surface area contributed by atoms with E-state index < -0.39 is 0 Å². The van der Waals surface area contributed by atoms with Gasteiger partial charge in [0.25, 0.3) is 11.8 Å². The van der Waals surface area contributed by atoms with Crippen molar-refractivity contribution in [1.82, 2.24) is 9.88 Å². The number of benzene rings is 2. The number of amides is 2. The number of imide groups is 1. The summed E-state index contributed by atoms with van der Waals surface area (Å²) in [7, 11) is 0. The van der Waals surface area contributed by atoms with Gasteiger partial charge in [-0.15, -0.1) is 0 Å². The van der Waals surface area contributed by atoms with Crippen LogP contribution in [0.3, 0.4) is 0 Å². The van der Waals surface area contributed by atoms with Crippen molar-refractivity contribution in [3.8, 4) is 11.5 Å². The molecule has 2 amide bonds. The lowest BCUT2D eigenvalue weighted by Gasteiger charge is -2.18. The first kappa shape index (κ1) is 16.5. The second kappa shape index (κ2) is 5.53. The molecule has 0 saturated carbocycles. The minimum Gasteiger partial charge on any atom is -0.436 e. The summed E-state index contributed by atoms with van der Waals surface area (Å²) in [5.41, 5.74) is 4.22. The van der Waals surface area contributed by atoms with Crippen LogP contribution in [0.15, 0.2) is 40.8 Å². The van der Waals surface area contributed by atoms with Crippen molar-refractivity contribution in [3.05, 3.63) is 53.1 Å². The summed E-state index contributed by atoms with van der Waals surface area (Å²) < 4.78 is 5.88. The van der Waals surface area contributed by atoms with Gasteiger partial charge >= 0.3 is 0 Å². The molecule has 0 atom stereocenters. The van der Waals surface area contributed by atoms with E-state index in [1.165, 1.54) is 10.5 Å². The van der Waals surface area contributed by atoms with Crippen molar-refractivity contribution in [2.75, 3.05) is 6.54 Å². The Morgan fingerprint density at radius 2 is 1.73 bits per heavy atom. The molecule has 26 heavy (non-hydrogen) atoms. The van der Waals surface area contributed by atoms with E-state index in [0.717, 1.165) is 5.52 Å². The van der Waals surface area contributed by atoms with E-state index in [4.69, 9.17) is 4.42 Å². The molecule has 5 heteroatoms. The van der Waals surface area contributed by atoms with Gasteiger partial charge < -0.3 is 4.42 Å². The van der Waals surface area contributed by atoms with Gasteiger partial charge in [0.05, 0.1) is 11.1 Å². The second-order valence-corrected chi connectivity index (χ2v) is 7.57. The van der Waals surface area contributed by atoms with Crippen LogP contribution in [0.2, 0.25) is 0 Å². The molecule has 0 radical (unpaired) electrons. The zero-order chi connectivity index (χ0) is 18.6. The van der Waals surface area contributed by atoms with Crippen molar-refractivity contribution in [2.45, 2.75) is 33.1 Å². The number of nitrogens with zero attached hydrogens (tertiary/aromatic N) is 2. The van der Waals surface area contributed by atoms with Gasteiger partial charge in [-0.3, -0.25) is 14.5 Å². The van der Waals surface area contributed by atoms with Gasteiger partial charge in [0, 0.05) is 12.1 Å². The Balaban J connectivity index is 1.79. The highest BCUT2D eigenvalue weighted by atomic mass is 16.3. The zero-order valence-electron chi connectivity index (χ0n) is 15.3.